The maximum Gasteiger partial charge on any atom is 0.437 e. The molecule has 1 heterocycles. The summed E-state index contributed by atoms with van der Waals surface area (Å²) in [5, 5.41) is 4.00. The van der Waals surface area contributed by atoms with Gasteiger partial charge in [-0.25, -0.2) is 4.79 Å². The Morgan fingerprint density at radius 3 is 2.57 bits per heavy atom. The molecule has 2 aromatic carbocycles. The number of hydrogen-bond acceptors (Lipinski definition) is 6. The van der Waals surface area contributed by atoms with Crippen LogP contribution in [0, 0.1) is 13.8 Å². The Balaban J connectivity index is 1.53. The van der Waals surface area contributed by atoms with Crippen LogP contribution < -0.4 is 5.76 Å². The molecule has 0 aliphatic rings. The number of amides is 1. The minimum Gasteiger partial charge on any atom is -0.454 e. The van der Waals surface area contributed by atoms with Gasteiger partial charge in [0.15, 0.2) is 6.61 Å². The third kappa shape index (κ3) is 5.22. The lowest BCUT2D eigenvalue weighted by Gasteiger charge is -2.18. The van der Waals surface area contributed by atoms with Crippen molar-refractivity contribution in [2.75, 3.05) is 13.7 Å². The molecule has 8 heteroatoms. The highest BCUT2D eigenvalue weighted by Gasteiger charge is 2.17. The summed E-state index contributed by atoms with van der Waals surface area (Å²) in [5.41, 5.74) is 3.87. The molecule has 0 fully saturated rings. The van der Waals surface area contributed by atoms with Gasteiger partial charge in [-0.2, -0.15) is 4.68 Å². The second kappa shape index (κ2) is 9.21. The zero-order chi connectivity index (χ0) is 21.7. The van der Waals surface area contributed by atoms with Crippen molar-refractivity contribution in [2.24, 2.45) is 0 Å². The van der Waals surface area contributed by atoms with E-state index < -0.39 is 24.9 Å². The van der Waals surface area contributed by atoms with E-state index in [1.807, 2.05) is 38.1 Å². The van der Waals surface area contributed by atoms with Crippen LogP contribution in [0.5, 0.6) is 0 Å². The summed E-state index contributed by atoms with van der Waals surface area (Å²) < 4.78 is 10.9. The summed E-state index contributed by atoms with van der Waals surface area (Å²) in [6.45, 7) is 3.54. The molecule has 0 spiro atoms. The van der Waals surface area contributed by atoms with Gasteiger partial charge in [-0.15, -0.1) is 5.10 Å². The lowest BCUT2D eigenvalue weighted by Crippen LogP contribution is -2.32. The molecule has 0 aliphatic carbocycles. The topological polar surface area (TPSA) is 94.6 Å². The second-order valence-corrected chi connectivity index (χ2v) is 7.04. The summed E-state index contributed by atoms with van der Waals surface area (Å²) in [5.74, 6) is -1.76. The molecule has 1 aromatic heterocycles. The van der Waals surface area contributed by atoms with Crippen molar-refractivity contribution in [2.45, 2.75) is 26.9 Å². The van der Waals surface area contributed by atoms with Crippen LogP contribution in [0.15, 0.2) is 57.7 Å². The molecular weight excluding hydrogens is 386 g/mol. The quantitative estimate of drug-likeness (QED) is 0.556. The number of carbonyl (C=O) groups is 2. The van der Waals surface area contributed by atoms with Crippen molar-refractivity contribution >= 4 is 11.9 Å². The fraction of sp³-hybridized carbons (Fsp3) is 0.273. The van der Waals surface area contributed by atoms with E-state index in [-0.39, 0.29) is 11.8 Å². The molecule has 1 amide bonds. The van der Waals surface area contributed by atoms with Crippen LogP contribution in [0.3, 0.4) is 0 Å². The summed E-state index contributed by atoms with van der Waals surface area (Å²) in [4.78, 5) is 37.7. The van der Waals surface area contributed by atoms with E-state index in [4.69, 9.17) is 9.15 Å². The van der Waals surface area contributed by atoms with Crippen LogP contribution in [-0.4, -0.2) is 40.2 Å². The lowest BCUT2D eigenvalue weighted by molar-refractivity contribution is -0.152. The maximum atomic E-state index is 12.3. The van der Waals surface area contributed by atoms with Crippen molar-refractivity contribution in [3.8, 4) is 11.5 Å². The summed E-state index contributed by atoms with van der Waals surface area (Å²) in [6, 6.07) is 14.9. The van der Waals surface area contributed by atoms with Crippen LogP contribution >= 0.6 is 0 Å². The van der Waals surface area contributed by atoms with E-state index in [1.54, 1.807) is 31.3 Å². The number of ether oxygens (including phenoxy) is 1. The molecule has 8 nitrogen and oxygen atoms in total. The zero-order valence-electron chi connectivity index (χ0n) is 17.1. The van der Waals surface area contributed by atoms with E-state index in [0.29, 0.717) is 12.1 Å². The van der Waals surface area contributed by atoms with Gasteiger partial charge in [0.2, 0.25) is 5.89 Å². The molecule has 0 bridgehead atoms. The van der Waals surface area contributed by atoms with Gasteiger partial charge in [0.05, 0.1) is 0 Å². The monoisotopic (exact) mass is 409 g/mol. The molecule has 0 aliphatic heterocycles. The average molecular weight is 409 g/mol. The van der Waals surface area contributed by atoms with Crippen LogP contribution in [0.4, 0.5) is 0 Å². The van der Waals surface area contributed by atoms with Crippen LogP contribution in [-0.2, 0) is 27.4 Å². The van der Waals surface area contributed by atoms with E-state index in [9.17, 15) is 14.4 Å². The molecule has 0 saturated carbocycles. The van der Waals surface area contributed by atoms with Gasteiger partial charge in [-0.3, -0.25) is 9.59 Å². The normalized spacial score (nSPS) is 10.6. The van der Waals surface area contributed by atoms with Crippen molar-refractivity contribution in [3.05, 3.63) is 75.8 Å². The van der Waals surface area contributed by atoms with E-state index in [0.717, 1.165) is 21.4 Å². The molecule has 30 heavy (non-hydrogen) atoms. The highest BCUT2D eigenvalue weighted by molar-refractivity contribution is 5.80. The predicted octanol–water partition coefficient (Wildman–Crippen LogP) is 2.32. The van der Waals surface area contributed by atoms with E-state index >= 15 is 0 Å². The van der Waals surface area contributed by atoms with E-state index in [2.05, 4.69) is 5.10 Å². The Labute approximate surface area is 173 Å². The number of nitrogens with zero attached hydrogens (tertiary/aromatic N) is 3. The van der Waals surface area contributed by atoms with Crippen LogP contribution in [0.1, 0.15) is 16.7 Å². The minimum absolute atomic E-state index is 0.109. The van der Waals surface area contributed by atoms with Gasteiger partial charge in [-0.1, -0.05) is 42.0 Å². The Bertz CT molecular complexity index is 1100. The Morgan fingerprint density at radius 2 is 1.87 bits per heavy atom. The van der Waals surface area contributed by atoms with Gasteiger partial charge >= 0.3 is 11.7 Å². The first-order chi connectivity index (χ1) is 14.3. The first-order valence-corrected chi connectivity index (χ1v) is 9.42. The van der Waals surface area contributed by atoms with E-state index in [1.165, 1.54) is 4.90 Å². The van der Waals surface area contributed by atoms with Crippen LogP contribution in [0.25, 0.3) is 11.5 Å². The fourth-order valence-corrected chi connectivity index (χ4v) is 2.89. The highest BCUT2D eigenvalue weighted by atomic mass is 16.5. The lowest BCUT2D eigenvalue weighted by atomic mass is 10.1. The SMILES string of the molecule is Cc1ccc(CN(C)C(=O)COC(=O)Cn2nc(-c3ccccc3)oc2=O)c(C)c1. The number of esters is 1. The number of aryl methyl sites for hydroxylation is 2. The molecule has 0 N–H and O–H groups in total. The number of likely N-dealkylation sites (N-methyl/N-ethyl adjacent to an activating group) is 1. The average Bonchev–Trinajstić information content (AvgIpc) is 3.09. The van der Waals surface area contributed by atoms with Crippen molar-refractivity contribution in [1.82, 2.24) is 14.7 Å². The first-order valence-electron chi connectivity index (χ1n) is 9.42. The third-order valence-electron chi connectivity index (χ3n) is 4.59. The summed E-state index contributed by atoms with van der Waals surface area (Å²) in [7, 11) is 1.64. The molecule has 0 atom stereocenters. The maximum absolute atomic E-state index is 12.3. The van der Waals surface area contributed by atoms with Gasteiger partial charge in [0.1, 0.15) is 6.54 Å². The van der Waals surface area contributed by atoms with Crippen molar-refractivity contribution in [3.63, 3.8) is 0 Å². The molecule has 3 rings (SSSR count). The minimum atomic E-state index is -0.774. The summed E-state index contributed by atoms with van der Waals surface area (Å²) >= 11 is 0. The Hall–Kier alpha value is -3.68. The number of hydrogen-bond donors (Lipinski definition) is 0. The first kappa shape index (κ1) is 21.0. The molecule has 0 saturated heterocycles. The Kier molecular flexibility index (Phi) is 6.46. The molecular formula is C22H23N3O5. The summed E-state index contributed by atoms with van der Waals surface area (Å²) in [6.07, 6.45) is 0. The Morgan fingerprint density at radius 1 is 1.13 bits per heavy atom. The smallest absolute Gasteiger partial charge is 0.437 e. The number of rotatable bonds is 7. The molecule has 0 radical (unpaired) electrons. The van der Waals surface area contributed by atoms with Crippen molar-refractivity contribution < 1.29 is 18.7 Å². The fourth-order valence-electron chi connectivity index (χ4n) is 2.89. The van der Waals surface area contributed by atoms with Gasteiger partial charge in [-0.05, 0) is 37.1 Å². The van der Waals surface area contributed by atoms with Gasteiger partial charge in [0.25, 0.3) is 5.91 Å². The number of carbonyl (C=O) groups excluding carboxylic acids is 2. The number of benzene rings is 2. The molecule has 0 unspecified atom stereocenters. The van der Waals surface area contributed by atoms with Crippen LogP contribution in [0.2, 0.25) is 0 Å². The zero-order valence-corrected chi connectivity index (χ0v) is 17.1. The third-order valence-corrected chi connectivity index (χ3v) is 4.59. The predicted molar refractivity (Wildman–Crippen MR) is 110 cm³/mol. The number of aromatic nitrogens is 2. The van der Waals surface area contributed by atoms with Gasteiger partial charge in [0, 0.05) is 19.2 Å². The second-order valence-electron chi connectivity index (χ2n) is 7.04. The largest absolute Gasteiger partial charge is 0.454 e. The van der Waals surface area contributed by atoms with Crippen molar-refractivity contribution in [1.29, 1.82) is 0 Å². The molecule has 156 valence electrons. The standard InChI is InChI=1S/C22H23N3O5/c1-15-9-10-18(16(2)11-15)12-24(3)19(26)14-29-20(27)13-25-22(28)30-21(23-25)17-7-5-4-6-8-17/h4-11H,12-14H2,1-3H3. The van der Waals surface area contributed by atoms with Gasteiger partial charge < -0.3 is 14.1 Å². The molecule has 3 aromatic rings. The highest BCUT2D eigenvalue weighted by Crippen LogP contribution is 2.14.